The largest absolute Gasteiger partial charge is 0.508 e. The van der Waals surface area contributed by atoms with Crippen LogP contribution in [0.2, 0.25) is 0 Å². The molecule has 1 fully saturated rings. The third-order valence-corrected chi connectivity index (χ3v) is 3.89. The quantitative estimate of drug-likeness (QED) is 0.848. The molecule has 2 N–H and O–H groups in total. The van der Waals surface area contributed by atoms with E-state index in [1.807, 2.05) is 0 Å². The van der Waals surface area contributed by atoms with Crippen molar-refractivity contribution in [2.45, 2.75) is 37.6 Å². The van der Waals surface area contributed by atoms with Gasteiger partial charge in [0.1, 0.15) is 11.8 Å². The monoisotopic (exact) mass is 311 g/mol. The standard InChI is InChI=1S/C14H12F3N3O2/c1-13(22)4-7(5-13)20-12-9(11(6-18)19-20)2-8(21)3-10(12)14(15,16)17/h2-3,7,21-22H,4-5H2,1H3. The highest BCUT2D eigenvalue weighted by Gasteiger charge is 2.43. The van der Waals surface area contributed by atoms with E-state index in [1.54, 1.807) is 13.0 Å². The highest BCUT2D eigenvalue weighted by atomic mass is 19.4. The van der Waals surface area contributed by atoms with Crippen LogP contribution in [-0.2, 0) is 6.18 Å². The van der Waals surface area contributed by atoms with Crippen LogP contribution in [0.5, 0.6) is 5.75 Å². The highest BCUT2D eigenvalue weighted by Crippen LogP contribution is 2.45. The maximum absolute atomic E-state index is 13.2. The Kier molecular flexibility index (Phi) is 2.91. The zero-order chi connectivity index (χ0) is 16.3. The Labute approximate surface area is 123 Å². The second kappa shape index (κ2) is 4.36. The lowest BCUT2D eigenvalue weighted by Crippen LogP contribution is -2.42. The fourth-order valence-electron chi connectivity index (χ4n) is 2.95. The zero-order valence-electron chi connectivity index (χ0n) is 11.5. The van der Waals surface area contributed by atoms with Crippen LogP contribution in [0.15, 0.2) is 12.1 Å². The summed E-state index contributed by atoms with van der Waals surface area (Å²) in [5.41, 5.74) is -2.39. The number of aromatic hydroxyl groups is 1. The number of aromatic nitrogens is 2. The molecule has 1 aromatic heterocycles. The smallest absolute Gasteiger partial charge is 0.418 e. The molecule has 8 heteroatoms. The fraction of sp³-hybridized carbons (Fsp3) is 0.429. The Hall–Kier alpha value is -2.27. The summed E-state index contributed by atoms with van der Waals surface area (Å²) >= 11 is 0. The van der Waals surface area contributed by atoms with Gasteiger partial charge in [-0.05, 0) is 31.9 Å². The van der Waals surface area contributed by atoms with Crippen molar-refractivity contribution >= 4 is 10.9 Å². The number of benzene rings is 1. The number of nitriles is 1. The maximum Gasteiger partial charge on any atom is 0.418 e. The van der Waals surface area contributed by atoms with Crippen LogP contribution < -0.4 is 0 Å². The van der Waals surface area contributed by atoms with Crippen LogP contribution in [0.1, 0.15) is 37.1 Å². The average Bonchev–Trinajstić information content (AvgIpc) is 2.71. The first-order valence-electron chi connectivity index (χ1n) is 6.57. The summed E-state index contributed by atoms with van der Waals surface area (Å²) < 4.78 is 40.9. The Morgan fingerprint density at radius 1 is 1.41 bits per heavy atom. The number of aliphatic hydroxyl groups is 1. The Balaban J connectivity index is 2.28. The number of fused-ring (bicyclic) bond motifs is 1. The lowest BCUT2D eigenvalue weighted by atomic mass is 9.77. The van der Waals surface area contributed by atoms with E-state index in [0.717, 1.165) is 10.7 Å². The van der Waals surface area contributed by atoms with Gasteiger partial charge in [-0.1, -0.05) is 0 Å². The third-order valence-electron chi connectivity index (χ3n) is 3.89. The summed E-state index contributed by atoms with van der Waals surface area (Å²) in [5.74, 6) is -0.573. The Morgan fingerprint density at radius 3 is 2.55 bits per heavy atom. The van der Waals surface area contributed by atoms with E-state index in [9.17, 15) is 23.4 Å². The van der Waals surface area contributed by atoms with Crippen molar-refractivity contribution in [1.29, 1.82) is 5.26 Å². The molecule has 0 amide bonds. The molecular weight excluding hydrogens is 299 g/mol. The molecule has 0 bridgehead atoms. The van der Waals surface area contributed by atoms with Gasteiger partial charge in [-0.15, -0.1) is 0 Å². The van der Waals surface area contributed by atoms with Crippen molar-refractivity contribution in [2.75, 3.05) is 0 Å². The summed E-state index contributed by atoms with van der Waals surface area (Å²) in [6.45, 7) is 1.59. The summed E-state index contributed by atoms with van der Waals surface area (Å²) in [5, 5.41) is 32.3. The molecule has 2 aromatic rings. The van der Waals surface area contributed by atoms with E-state index in [4.69, 9.17) is 5.26 Å². The van der Waals surface area contributed by atoms with Crippen LogP contribution >= 0.6 is 0 Å². The second-order valence-corrected chi connectivity index (χ2v) is 5.85. The van der Waals surface area contributed by atoms with Crippen LogP contribution in [-0.4, -0.2) is 25.6 Å². The van der Waals surface area contributed by atoms with E-state index in [0.29, 0.717) is 6.07 Å². The van der Waals surface area contributed by atoms with Crippen LogP contribution in [0.4, 0.5) is 13.2 Å². The van der Waals surface area contributed by atoms with E-state index < -0.39 is 29.1 Å². The van der Waals surface area contributed by atoms with Gasteiger partial charge in [0.25, 0.3) is 0 Å². The van der Waals surface area contributed by atoms with Crippen molar-refractivity contribution in [3.8, 4) is 11.8 Å². The van der Waals surface area contributed by atoms with Crippen molar-refractivity contribution in [3.05, 3.63) is 23.4 Å². The number of hydrogen-bond acceptors (Lipinski definition) is 4. The lowest BCUT2D eigenvalue weighted by molar-refractivity contribution is -0.136. The summed E-state index contributed by atoms with van der Waals surface area (Å²) in [7, 11) is 0. The fourth-order valence-corrected chi connectivity index (χ4v) is 2.95. The van der Waals surface area contributed by atoms with Crippen molar-refractivity contribution in [2.24, 2.45) is 0 Å². The molecule has 1 heterocycles. The van der Waals surface area contributed by atoms with Gasteiger partial charge in [0.15, 0.2) is 5.69 Å². The average molecular weight is 311 g/mol. The number of alkyl halides is 3. The molecule has 1 aromatic carbocycles. The van der Waals surface area contributed by atoms with Gasteiger partial charge in [-0.3, -0.25) is 4.68 Å². The van der Waals surface area contributed by atoms with Gasteiger partial charge in [0.2, 0.25) is 0 Å². The van der Waals surface area contributed by atoms with Gasteiger partial charge < -0.3 is 10.2 Å². The minimum absolute atomic E-state index is 0.0404. The van der Waals surface area contributed by atoms with Crippen LogP contribution in [0.25, 0.3) is 10.9 Å². The van der Waals surface area contributed by atoms with Gasteiger partial charge >= 0.3 is 6.18 Å². The first kappa shape index (κ1) is 14.7. The third kappa shape index (κ3) is 2.18. The molecule has 3 rings (SSSR count). The molecule has 0 atom stereocenters. The number of phenolic OH excluding ortho intramolecular Hbond substituents is 1. The summed E-state index contributed by atoms with van der Waals surface area (Å²) in [4.78, 5) is 0. The summed E-state index contributed by atoms with van der Waals surface area (Å²) in [6, 6.07) is 3.06. The molecule has 5 nitrogen and oxygen atoms in total. The molecule has 0 saturated heterocycles. The molecule has 0 spiro atoms. The molecule has 1 saturated carbocycles. The topological polar surface area (TPSA) is 82.1 Å². The maximum atomic E-state index is 13.2. The molecule has 22 heavy (non-hydrogen) atoms. The minimum Gasteiger partial charge on any atom is -0.508 e. The van der Waals surface area contributed by atoms with Gasteiger partial charge in [0.05, 0.1) is 22.7 Å². The molecule has 1 aliphatic rings. The normalized spacial score (nSPS) is 25.0. The highest BCUT2D eigenvalue weighted by molar-refractivity contribution is 5.89. The molecule has 0 aliphatic heterocycles. The van der Waals surface area contributed by atoms with E-state index in [1.165, 1.54) is 0 Å². The van der Waals surface area contributed by atoms with Gasteiger partial charge in [-0.25, -0.2) is 0 Å². The minimum atomic E-state index is -4.69. The Bertz CT molecular complexity index is 794. The van der Waals surface area contributed by atoms with Crippen molar-refractivity contribution in [3.63, 3.8) is 0 Å². The van der Waals surface area contributed by atoms with Crippen LogP contribution in [0.3, 0.4) is 0 Å². The summed E-state index contributed by atoms with van der Waals surface area (Å²) in [6.07, 6.45) is -4.17. The van der Waals surface area contributed by atoms with Crippen molar-refractivity contribution < 1.29 is 23.4 Å². The number of rotatable bonds is 1. The number of nitrogens with zero attached hydrogens (tertiary/aromatic N) is 3. The Morgan fingerprint density at radius 2 is 2.05 bits per heavy atom. The van der Waals surface area contributed by atoms with E-state index in [2.05, 4.69) is 5.10 Å². The molecule has 0 radical (unpaired) electrons. The van der Waals surface area contributed by atoms with E-state index >= 15 is 0 Å². The lowest BCUT2D eigenvalue weighted by Gasteiger charge is -2.41. The predicted octanol–water partition coefficient (Wildman–Crippen LogP) is 2.72. The van der Waals surface area contributed by atoms with Crippen LogP contribution in [0, 0.1) is 11.3 Å². The van der Waals surface area contributed by atoms with E-state index in [-0.39, 0.29) is 29.4 Å². The predicted molar refractivity (Wildman–Crippen MR) is 70.0 cm³/mol. The molecular formula is C14H12F3N3O2. The molecule has 1 aliphatic carbocycles. The number of halogens is 3. The second-order valence-electron chi connectivity index (χ2n) is 5.85. The van der Waals surface area contributed by atoms with Gasteiger partial charge in [0, 0.05) is 5.39 Å². The first-order chi connectivity index (χ1) is 10.1. The molecule has 116 valence electrons. The first-order valence-corrected chi connectivity index (χ1v) is 6.57. The number of phenols is 1. The zero-order valence-corrected chi connectivity index (χ0v) is 11.5. The SMILES string of the molecule is CC1(O)CC(n2nc(C#N)c3cc(O)cc(C(F)(F)F)c32)C1. The van der Waals surface area contributed by atoms with Crippen molar-refractivity contribution in [1.82, 2.24) is 9.78 Å². The van der Waals surface area contributed by atoms with Gasteiger partial charge in [-0.2, -0.15) is 23.5 Å². The molecule has 0 unspecified atom stereocenters. The number of hydrogen-bond donors (Lipinski definition) is 2.